The highest BCUT2D eigenvalue weighted by atomic mass is 32.2. The van der Waals surface area contributed by atoms with Gasteiger partial charge in [-0.2, -0.15) is 16.8 Å². The van der Waals surface area contributed by atoms with Crippen LogP contribution in [0.4, 0.5) is 8.78 Å². The van der Waals surface area contributed by atoms with Crippen molar-refractivity contribution >= 4 is 20.2 Å². The normalized spacial score (nSPS) is 28.3. The second-order valence-corrected chi connectivity index (χ2v) is 6.88. The third-order valence-electron chi connectivity index (χ3n) is 2.18. The van der Waals surface area contributed by atoms with Crippen LogP contribution in [0, 0.1) is 0 Å². The van der Waals surface area contributed by atoms with Crippen molar-refractivity contribution in [1.82, 2.24) is 0 Å². The van der Waals surface area contributed by atoms with Crippen LogP contribution in [0.1, 0.15) is 19.3 Å². The van der Waals surface area contributed by atoms with E-state index in [-0.39, 0.29) is 26.1 Å². The van der Waals surface area contributed by atoms with Crippen LogP contribution < -0.4 is 0 Å². The van der Waals surface area contributed by atoms with Crippen LogP contribution in [0.5, 0.6) is 0 Å². The summed E-state index contributed by atoms with van der Waals surface area (Å²) in [6.07, 6.45) is 0.469. The van der Waals surface area contributed by atoms with E-state index in [1.54, 1.807) is 0 Å². The molecule has 2 aliphatic rings. The third kappa shape index (κ3) is 7.08. The van der Waals surface area contributed by atoms with Crippen LogP contribution in [-0.2, 0) is 28.6 Å². The van der Waals surface area contributed by atoms with E-state index in [1.165, 1.54) is 0 Å². The van der Waals surface area contributed by atoms with Crippen molar-refractivity contribution < 1.29 is 34.0 Å². The first kappa shape index (κ1) is 17.2. The molecule has 0 aromatic carbocycles. The fourth-order valence-electron chi connectivity index (χ4n) is 1.26. The van der Waals surface area contributed by atoms with E-state index >= 15 is 0 Å². The molecule has 6 nitrogen and oxygen atoms in total. The van der Waals surface area contributed by atoms with E-state index in [4.69, 9.17) is 0 Å². The Labute approximate surface area is 116 Å². The number of hydrogen-bond donors (Lipinski definition) is 0. The van der Waals surface area contributed by atoms with Crippen LogP contribution in [0.15, 0.2) is 22.7 Å². The molecule has 2 heterocycles. The highest BCUT2D eigenvalue weighted by Crippen LogP contribution is 2.14. The Morgan fingerprint density at radius 3 is 2.45 bits per heavy atom. The molecule has 0 fully saturated rings. The molecule has 0 saturated carbocycles. The van der Waals surface area contributed by atoms with Crippen molar-refractivity contribution in [2.75, 3.05) is 13.2 Å². The minimum Gasteiger partial charge on any atom is -0.267 e. The summed E-state index contributed by atoms with van der Waals surface area (Å²) in [6, 6.07) is 0. The highest BCUT2D eigenvalue weighted by molar-refractivity contribution is 7.89. The number of allylic oxidation sites excluding steroid dienone is 2. The fraction of sp³-hybridized carbons (Fsp3) is 0.600. The Bertz CT molecular complexity index is 579. The molecule has 116 valence electrons. The molecule has 0 N–H and O–H groups in total. The zero-order chi connectivity index (χ0) is 15.2. The molecule has 0 aromatic rings. The SMILES string of the molecule is O=S1(=O)C=C(F)CCCO1.O=S1(=O)C=CC(F)CCO1. The van der Waals surface area contributed by atoms with Gasteiger partial charge in [0.25, 0.3) is 20.2 Å². The Kier molecular flexibility index (Phi) is 6.24. The van der Waals surface area contributed by atoms with E-state index in [0.29, 0.717) is 11.8 Å². The quantitative estimate of drug-likeness (QED) is 0.625. The van der Waals surface area contributed by atoms with Gasteiger partial charge >= 0.3 is 0 Å². The van der Waals surface area contributed by atoms with Crippen LogP contribution >= 0.6 is 0 Å². The van der Waals surface area contributed by atoms with Crippen LogP contribution in [0.3, 0.4) is 0 Å². The van der Waals surface area contributed by atoms with E-state index in [0.717, 1.165) is 11.5 Å². The summed E-state index contributed by atoms with van der Waals surface area (Å²) in [5, 5.41) is 1.28. The lowest BCUT2D eigenvalue weighted by Crippen LogP contribution is -2.02. The van der Waals surface area contributed by atoms with Crippen LogP contribution in [0.2, 0.25) is 0 Å². The van der Waals surface area contributed by atoms with Gasteiger partial charge in [-0.15, -0.1) is 0 Å². The maximum Gasteiger partial charge on any atom is 0.292 e. The van der Waals surface area contributed by atoms with Crippen LogP contribution in [-0.4, -0.2) is 36.2 Å². The maximum absolute atomic E-state index is 12.4. The molecule has 0 bridgehead atoms. The first-order valence-corrected chi connectivity index (χ1v) is 8.62. The van der Waals surface area contributed by atoms with Gasteiger partial charge < -0.3 is 0 Å². The van der Waals surface area contributed by atoms with Crippen molar-refractivity contribution in [2.24, 2.45) is 0 Å². The molecule has 0 spiro atoms. The smallest absolute Gasteiger partial charge is 0.267 e. The molecule has 0 aromatic heterocycles. The molecular weight excluding hydrogens is 318 g/mol. The molecule has 20 heavy (non-hydrogen) atoms. The second kappa shape index (κ2) is 7.25. The molecule has 0 amide bonds. The number of hydrogen-bond acceptors (Lipinski definition) is 6. The summed E-state index contributed by atoms with van der Waals surface area (Å²) in [5.41, 5.74) is 0. The average molecular weight is 332 g/mol. The molecule has 0 aliphatic carbocycles. The number of alkyl halides is 1. The minimum atomic E-state index is -3.71. The number of rotatable bonds is 0. The summed E-state index contributed by atoms with van der Waals surface area (Å²) in [4.78, 5) is 0. The van der Waals surface area contributed by atoms with Crippen LogP contribution in [0.25, 0.3) is 0 Å². The molecule has 2 rings (SSSR count). The second-order valence-electron chi connectivity index (χ2n) is 3.93. The molecule has 10 heteroatoms. The van der Waals surface area contributed by atoms with Gasteiger partial charge in [0.1, 0.15) is 12.0 Å². The average Bonchev–Trinajstić information content (AvgIpc) is 2.56. The van der Waals surface area contributed by atoms with E-state index in [2.05, 4.69) is 8.37 Å². The van der Waals surface area contributed by atoms with Crippen molar-refractivity contribution in [2.45, 2.75) is 25.4 Å². The Balaban J connectivity index is 0.000000200. The van der Waals surface area contributed by atoms with Crippen molar-refractivity contribution in [1.29, 1.82) is 0 Å². The van der Waals surface area contributed by atoms with Crippen molar-refractivity contribution in [3.8, 4) is 0 Å². The molecule has 0 saturated heterocycles. The van der Waals surface area contributed by atoms with Gasteiger partial charge in [0, 0.05) is 12.8 Å². The lowest BCUT2D eigenvalue weighted by Gasteiger charge is -1.95. The lowest BCUT2D eigenvalue weighted by atomic mass is 10.3. The predicted molar refractivity (Wildman–Crippen MR) is 66.8 cm³/mol. The molecule has 2 aliphatic heterocycles. The summed E-state index contributed by atoms with van der Waals surface area (Å²) < 4.78 is 75.5. The van der Waals surface area contributed by atoms with E-state index in [1.807, 2.05) is 0 Å². The largest absolute Gasteiger partial charge is 0.292 e. The zero-order valence-electron chi connectivity index (χ0n) is 10.4. The van der Waals surface area contributed by atoms with Gasteiger partial charge in [-0.05, 0) is 12.5 Å². The van der Waals surface area contributed by atoms with Gasteiger partial charge in [0.2, 0.25) is 0 Å². The van der Waals surface area contributed by atoms with Crippen molar-refractivity contribution in [3.63, 3.8) is 0 Å². The standard InChI is InChI=1S/2C5H7FO3S/c6-5-1-3-9-10(7,8)4-2-5;6-5-2-1-3-9-10(7,8)4-5/h2,4-5H,1,3H2;4H,1-3H2. The first-order chi connectivity index (χ1) is 9.20. The third-order valence-corrected chi connectivity index (χ3v) is 4.20. The Morgan fingerprint density at radius 2 is 1.75 bits per heavy atom. The minimum absolute atomic E-state index is 0.0729. The molecular formula is C10H14F2O6S2. The number of halogens is 2. The summed E-state index contributed by atoms with van der Waals surface area (Å²) in [7, 11) is -7.28. The topological polar surface area (TPSA) is 86.7 Å². The van der Waals surface area contributed by atoms with E-state index < -0.39 is 32.2 Å². The molecule has 1 unspecified atom stereocenters. The molecule has 0 radical (unpaired) electrons. The summed E-state index contributed by atoms with van der Waals surface area (Å²) in [6.45, 7) is 0.00273. The lowest BCUT2D eigenvalue weighted by molar-refractivity contribution is 0.275. The van der Waals surface area contributed by atoms with Crippen molar-refractivity contribution in [3.05, 3.63) is 22.7 Å². The first-order valence-electron chi connectivity index (χ1n) is 5.67. The van der Waals surface area contributed by atoms with Gasteiger partial charge in [0.15, 0.2) is 0 Å². The highest BCUT2D eigenvalue weighted by Gasteiger charge is 2.14. The van der Waals surface area contributed by atoms with Gasteiger partial charge in [-0.25, -0.2) is 8.78 Å². The van der Waals surface area contributed by atoms with Gasteiger partial charge in [0.05, 0.1) is 24.0 Å². The maximum atomic E-state index is 12.4. The monoisotopic (exact) mass is 332 g/mol. The fourth-order valence-corrected chi connectivity index (χ4v) is 2.88. The Hall–Kier alpha value is -0.840. The van der Waals surface area contributed by atoms with E-state index in [9.17, 15) is 25.6 Å². The zero-order valence-corrected chi connectivity index (χ0v) is 12.0. The summed E-state index contributed by atoms with van der Waals surface area (Å²) in [5.74, 6) is -0.627. The predicted octanol–water partition coefficient (Wildman–Crippen LogP) is 1.53. The summed E-state index contributed by atoms with van der Waals surface area (Å²) >= 11 is 0. The van der Waals surface area contributed by atoms with Gasteiger partial charge in [-0.1, -0.05) is 0 Å². The molecule has 1 atom stereocenters. The van der Waals surface area contributed by atoms with Gasteiger partial charge in [-0.3, -0.25) is 8.37 Å². The Morgan fingerprint density at radius 1 is 1.10 bits per heavy atom.